The highest BCUT2D eigenvalue weighted by atomic mass is 19.1. The van der Waals surface area contributed by atoms with Crippen LogP contribution in [-0.2, 0) is 16.4 Å². The number of benzene rings is 3. The molecule has 2 heteroatoms. The van der Waals surface area contributed by atoms with Crippen molar-refractivity contribution in [2.75, 3.05) is 0 Å². The van der Waals surface area contributed by atoms with Gasteiger partial charge >= 0.3 is 0 Å². The summed E-state index contributed by atoms with van der Waals surface area (Å²) in [6.07, 6.45) is 9.14. The lowest BCUT2D eigenvalue weighted by Gasteiger charge is -2.54. The molecule has 0 bridgehead atoms. The van der Waals surface area contributed by atoms with Gasteiger partial charge in [-0.25, -0.2) is 4.39 Å². The lowest BCUT2D eigenvalue weighted by Crippen LogP contribution is -2.72. The Labute approximate surface area is 200 Å². The first-order valence-electron chi connectivity index (χ1n) is 12.5. The van der Waals surface area contributed by atoms with Gasteiger partial charge < -0.3 is 0 Å². The molecule has 1 aromatic heterocycles. The SMILES string of the molecule is CCC12C=CC1(CC)[n+]1cc(-c3ccccc3)c3cccc4c3c1-c1c2ccc(F)c1C4(C)C. The third kappa shape index (κ3) is 1.98. The van der Waals surface area contributed by atoms with Crippen molar-refractivity contribution in [3.63, 3.8) is 0 Å². The first-order valence-corrected chi connectivity index (χ1v) is 12.5. The number of nitrogens with zero attached hydrogens (tertiary/aromatic N) is 1. The molecule has 0 fully saturated rings. The molecule has 1 nitrogen and oxygen atoms in total. The molecule has 0 radical (unpaired) electrons. The van der Waals surface area contributed by atoms with E-state index in [2.05, 4.69) is 105 Å². The largest absolute Gasteiger partial charge is 0.222 e. The van der Waals surface area contributed by atoms with Crippen molar-refractivity contribution in [2.24, 2.45) is 0 Å². The molecule has 0 spiro atoms. The Morgan fingerprint density at radius 3 is 2.29 bits per heavy atom. The molecule has 3 aromatic carbocycles. The van der Waals surface area contributed by atoms with Crippen LogP contribution in [0.15, 0.2) is 79.0 Å². The van der Waals surface area contributed by atoms with Crippen LogP contribution in [0.2, 0.25) is 0 Å². The van der Waals surface area contributed by atoms with E-state index in [4.69, 9.17) is 0 Å². The Balaban J connectivity index is 1.78. The highest BCUT2D eigenvalue weighted by Gasteiger charge is 2.66. The van der Waals surface area contributed by atoms with Crippen LogP contribution in [0, 0.1) is 5.82 Å². The minimum Gasteiger partial charge on any atom is -0.207 e. The number of rotatable bonds is 3. The Morgan fingerprint density at radius 1 is 0.824 bits per heavy atom. The van der Waals surface area contributed by atoms with E-state index >= 15 is 4.39 Å². The van der Waals surface area contributed by atoms with Gasteiger partial charge in [-0.3, -0.25) is 0 Å². The molecule has 0 saturated heterocycles. The van der Waals surface area contributed by atoms with E-state index < -0.39 is 5.41 Å². The predicted molar refractivity (Wildman–Crippen MR) is 136 cm³/mol. The first-order chi connectivity index (χ1) is 16.4. The second-order valence-electron chi connectivity index (χ2n) is 10.8. The molecule has 0 amide bonds. The maximum Gasteiger partial charge on any atom is 0.222 e. The molecule has 2 atom stereocenters. The zero-order valence-corrected chi connectivity index (χ0v) is 20.2. The molecule has 34 heavy (non-hydrogen) atoms. The number of fused-ring (bicyclic) bond motifs is 3. The van der Waals surface area contributed by atoms with E-state index in [9.17, 15) is 0 Å². The smallest absolute Gasteiger partial charge is 0.207 e. The fourth-order valence-corrected chi connectivity index (χ4v) is 7.60. The average molecular weight is 447 g/mol. The highest BCUT2D eigenvalue weighted by Crippen LogP contribution is 2.62. The summed E-state index contributed by atoms with van der Waals surface area (Å²) in [7, 11) is 0. The number of aromatic nitrogens is 1. The van der Waals surface area contributed by atoms with Crippen LogP contribution in [0.5, 0.6) is 0 Å². The van der Waals surface area contributed by atoms with E-state index in [-0.39, 0.29) is 16.8 Å². The standard InChI is InChI=1S/C32H29FN/c1-5-31-17-18-32(31,6-2)34-19-22(20-11-8-7-9-12-20)21-13-10-14-23-26(21)29(34)27-24(31)15-16-25(33)28(27)30(23,3)4/h7-19H,5-6H2,1-4H3/q+1. The fraction of sp³-hybridized carbons (Fsp3) is 0.281. The Hall–Kier alpha value is -3.26. The van der Waals surface area contributed by atoms with Crippen LogP contribution in [0.25, 0.3) is 33.2 Å². The summed E-state index contributed by atoms with van der Waals surface area (Å²) < 4.78 is 18.3. The van der Waals surface area contributed by atoms with Crippen LogP contribution in [0.1, 0.15) is 57.2 Å². The summed E-state index contributed by atoms with van der Waals surface area (Å²) in [5.41, 5.74) is 7.47. The van der Waals surface area contributed by atoms with Crippen LogP contribution in [0.4, 0.5) is 4.39 Å². The summed E-state index contributed by atoms with van der Waals surface area (Å²) in [5.74, 6) is -0.0938. The maximum absolute atomic E-state index is 15.7. The lowest BCUT2D eigenvalue weighted by atomic mass is 9.50. The van der Waals surface area contributed by atoms with E-state index in [0.717, 1.165) is 24.0 Å². The van der Waals surface area contributed by atoms with E-state index in [1.165, 1.54) is 38.7 Å². The normalized spacial score (nSPS) is 24.6. The maximum atomic E-state index is 15.7. The van der Waals surface area contributed by atoms with Gasteiger partial charge in [-0.15, -0.1) is 0 Å². The quantitative estimate of drug-likeness (QED) is 0.226. The van der Waals surface area contributed by atoms with Gasteiger partial charge in [0.25, 0.3) is 0 Å². The fourth-order valence-electron chi connectivity index (χ4n) is 7.60. The third-order valence-electron chi connectivity index (χ3n) is 9.29. The number of halogens is 1. The lowest BCUT2D eigenvalue weighted by molar-refractivity contribution is -0.757. The second kappa shape index (κ2) is 6.24. The van der Waals surface area contributed by atoms with E-state index in [1.54, 1.807) is 6.07 Å². The van der Waals surface area contributed by atoms with Gasteiger partial charge in [-0.2, -0.15) is 4.57 Å². The Bertz CT molecular complexity index is 1560. The summed E-state index contributed by atoms with van der Waals surface area (Å²) >= 11 is 0. The second-order valence-corrected chi connectivity index (χ2v) is 10.8. The Kier molecular flexibility index (Phi) is 3.70. The van der Waals surface area contributed by atoms with Crippen molar-refractivity contribution < 1.29 is 8.96 Å². The van der Waals surface area contributed by atoms with Gasteiger partial charge in [0.2, 0.25) is 5.69 Å². The number of pyridine rings is 1. The van der Waals surface area contributed by atoms with Crippen LogP contribution in [-0.4, -0.2) is 0 Å². The Morgan fingerprint density at radius 2 is 1.62 bits per heavy atom. The van der Waals surface area contributed by atoms with Gasteiger partial charge in [0.1, 0.15) is 5.82 Å². The van der Waals surface area contributed by atoms with Crippen molar-refractivity contribution in [1.29, 1.82) is 0 Å². The van der Waals surface area contributed by atoms with Crippen molar-refractivity contribution >= 4 is 10.8 Å². The molecule has 1 aliphatic heterocycles. The molecule has 2 aliphatic carbocycles. The average Bonchev–Trinajstić information content (AvgIpc) is 2.84. The van der Waals surface area contributed by atoms with Crippen LogP contribution < -0.4 is 4.57 Å². The zero-order valence-electron chi connectivity index (χ0n) is 20.2. The molecule has 7 rings (SSSR count). The molecule has 0 saturated carbocycles. The van der Waals surface area contributed by atoms with Crippen LogP contribution in [0.3, 0.4) is 0 Å². The zero-order chi connectivity index (χ0) is 23.5. The monoisotopic (exact) mass is 446 g/mol. The molecular formula is C32H29FN+. The molecule has 168 valence electrons. The van der Waals surface area contributed by atoms with Crippen molar-refractivity contribution in [2.45, 2.75) is 56.9 Å². The topological polar surface area (TPSA) is 3.88 Å². The summed E-state index contributed by atoms with van der Waals surface area (Å²) in [6, 6.07) is 21.1. The summed E-state index contributed by atoms with van der Waals surface area (Å²) in [6.45, 7) is 8.97. The third-order valence-corrected chi connectivity index (χ3v) is 9.29. The minimum atomic E-state index is -0.427. The summed E-state index contributed by atoms with van der Waals surface area (Å²) in [5, 5.41) is 2.54. The number of hydrogen-bond donors (Lipinski definition) is 0. The number of allylic oxidation sites excluding steroid dienone is 2. The summed E-state index contributed by atoms with van der Waals surface area (Å²) in [4.78, 5) is 0. The van der Waals surface area contributed by atoms with Gasteiger partial charge in [-0.1, -0.05) is 88.4 Å². The highest BCUT2D eigenvalue weighted by molar-refractivity contribution is 6.07. The van der Waals surface area contributed by atoms with Crippen molar-refractivity contribution in [3.05, 3.63) is 102 Å². The first kappa shape index (κ1) is 20.1. The van der Waals surface area contributed by atoms with Crippen molar-refractivity contribution in [3.8, 4) is 22.4 Å². The van der Waals surface area contributed by atoms with E-state index in [1.807, 2.05) is 0 Å². The minimum absolute atomic E-state index is 0.0938. The van der Waals surface area contributed by atoms with Gasteiger partial charge in [0.15, 0.2) is 11.7 Å². The molecule has 4 aromatic rings. The molecule has 3 aliphatic rings. The van der Waals surface area contributed by atoms with Crippen LogP contribution >= 0.6 is 0 Å². The molecular weight excluding hydrogens is 417 g/mol. The van der Waals surface area contributed by atoms with Gasteiger partial charge in [0.05, 0.1) is 21.9 Å². The predicted octanol–water partition coefficient (Wildman–Crippen LogP) is 7.58. The van der Waals surface area contributed by atoms with Gasteiger partial charge in [-0.05, 0) is 35.3 Å². The van der Waals surface area contributed by atoms with Gasteiger partial charge in [0, 0.05) is 22.8 Å². The van der Waals surface area contributed by atoms with Crippen molar-refractivity contribution in [1.82, 2.24) is 0 Å². The molecule has 0 N–H and O–H groups in total. The number of hydrogen-bond acceptors (Lipinski definition) is 0. The molecule has 2 unspecified atom stereocenters. The van der Waals surface area contributed by atoms with E-state index in [0.29, 0.717) is 0 Å². The molecule has 2 heterocycles.